The molecule has 2 aromatic rings. The molecule has 0 atom stereocenters. The molecule has 21 heavy (non-hydrogen) atoms. The van der Waals surface area contributed by atoms with Crippen LogP contribution in [0.5, 0.6) is 5.75 Å². The van der Waals surface area contributed by atoms with Crippen LogP contribution in [0.4, 0.5) is 5.95 Å². The molecule has 0 aliphatic carbocycles. The predicted octanol–water partition coefficient (Wildman–Crippen LogP) is 0.385. The first-order chi connectivity index (χ1) is 9.92. The molecular formula is C12H12N4O4S. The largest absolute Gasteiger partial charge is 0.494 e. The van der Waals surface area contributed by atoms with Crippen molar-refractivity contribution in [2.45, 2.75) is 4.90 Å². The minimum absolute atomic E-state index is 0.0353. The molecule has 110 valence electrons. The van der Waals surface area contributed by atoms with Crippen LogP contribution >= 0.6 is 0 Å². The monoisotopic (exact) mass is 308 g/mol. The number of hydrogen-bond acceptors (Lipinski definition) is 6. The molecule has 2 rings (SSSR count). The number of methoxy groups -OCH3 is 1. The first-order valence-electron chi connectivity index (χ1n) is 5.71. The molecule has 1 heterocycles. The summed E-state index contributed by atoms with van der Waals surface area (Å²) in [5.41, 5.74) is 5.31. The molecule has 9 heteroatoms. The molecule has 0 fully saturated rings. The van der Waals surface area contributed by atoms with Crippen LogP contribution in [0.1, 0.15) is 10.4 Å². The van der Waals surface area contributed by atoms with E-state index in [0.29, 0.717) is 5.75 Å². The second-order valence-corrected chi connectivity index (χ2v) is 5.62. The minimum atomic E-state index is -3.84. The Morgan fingerprint density at radius 1 is 1.19 bits per heavy atom. The zero-order chi connectivity index (χ0) is 15.5. The summed E-state index contributed by atoms with van der Waals surface area (Å²) in [7, 11) is -2.40. The highest BCUT2D eigenvalue weighted by Crippen LogP contribution is 2.15. The second-order valence-electron chi connectivity index (χ2n) is 3.94. The van der Waals surface area contributed by atoms with Crippen molar-refractivity contribution < 1.29 is 17.9 Å². The van der Waals surface area contributed by atoms with E-state index in [1.165, 1.54) is 43.8 Å². The van der Waals surface area contributed by atoms with E-state index in [1.807, 2.05) is 0 Å². The van der Waals surface area contributed by atoms with Crippen molar-refractivity contribution in [1.82, 2.24) is 9.97 Å². The van der Waals surface area contributed by atoms with Gasteiger partial charge in [-0.25, -0.2) is 23.1 Å². The predicted molar refractivity (Wildman–Crippen MR) is 74.4 cm³/mol. The number of ether oxygens (including phenoxy) is 1. The van der Waals surface area contributed by atoms with Gasteiger partial charge in [0, 0.05) is 5.56 Å². The maximum atomic E-state index is 12.1. The first-order valence-corrected chi connectivity index (χ1v) is 7.19. The lowest BCUT2D eigenvalue weighted by Crippen LogP contribution is -2.16. The van der Waals surface area contributed by atoms with E-state index in [2.05, 4.69) is 14.7 Å². The van der Waals surface area contributed by atoms with E-state index in [0.717, 1.165) is 0 Å². The smallest absolute Gasteiger partial charge is 0.264 e. The Labute approximate surface area is 121 Å². The van der Waals surface area contributed by atoms with Gasteiger partial charge in [0.15, 0.2) is 5.75 Å². The van der Waals surface area contributed by atoms with Gasteiger partial charge in [-0.05, 0) is 24.3 Å². The number of nitrogens with zero attached hydrogens (tertiary/aromatic N) is 2. The number of amides is 1. The van der Waals surface area contributed by atoms with E-state index >= 15 is 0 Å². The molecule has 3 N–H and O–H groups in total. The summed E-state index contributed by atoms with van der Waals surface area (Å²) >= 11 is 0. The van der Waals surface area contributed by atoms with Gasteiger partial charge in [0.05, 0.1) is 24.4 Å². The third-order valence-corrected chi connectivity index (χ3v) is 3.88. The topological polar surface area (TPSA) is 124 Å². The fourth-order valence-electron chi connectivity index (χ4n) is 1.45. The molecular weight excluding hydrogens is 296 g/mol. The summed E-state index contributed by atoms with van der Waals surface area (Å²) in [4.78, 5) is 18.5. The highest BCUT2D eigenvalue weighted by molar-refractivity contribution is 7.92. The molecule has 0 unspecified atom stereocenters. The Hall–Kier alpha value is -2.68. The molecule has 8 nitrogen and oxygen atoms in total. The number of carbonyl (C=O) groups excluding carboxylic acids is 1. The number of sulfonamides is 1. The van der Waals surface area contributed by atoms with Gasteiger partial charge in [0.1, 0.15) is 0 Å². The van der Waals surface area contributed by atoms with Crippen LogP contribution in [0.3, 0.4) is 0 Å². The average Bonchev–Trinajstić information content (AvgIpc) is 2.48. The van der Waals surface area contributed by atoms with Crippen molar-refractivity contribution in [1.29, 1.82) is 0 Å². The van der Waals surface area contributed by atoms with Gasteiger partial charge in [0.25, 0.3) is 10.0 Å². The number of rotatable bonds is 5. The third kappa shape index (κ3) is 3.45. The maximum Gasteiger partial charge on any atom is 0.264 e. The fraction of sp³-hybridized carbons (Fsp3) is 0.0833. The van der Waals surface area contributed by atoms with Gasteiger partial charge in [0.2, 0.25) is 11.9 Å². The zero-order valence-corrected chi connectivity index (χ0v) is 11.8. The van der Waals surface area contributed by atoms with Gasteiger partial charge in [-0.1, -0.05) is 0 Å². The first kappa shape index (κ1) is 14.7. The Morgan fingerprint density at radius 3 is 2.24 bits per heavy atom. The molecule has 0 bridgehead atoms. The maximum absolute atomic E-state index is 12.1. The van der Waals surface area contributed by atoms with Crippen LogP contribution in [-0.2, 0) is 10.0 Å². The standard InChI is InChI=1S/C12H12N4O4S/c1-20-9-6-14-12(15-7-9)16-21(18,19)10-4-2-8(3-5-10)11(13)17/h2-7H,1H3,(H2,13,17)(H,14,15,16). The molecule has 1 aromatic carbocycles. The van der Waals surface area contributed by atoms with E-state index in [4.69, 9.17) is 10.5 Å². The highest BCUT2D eigenvalue weighted by atomic mass is 32.2. The molecule has 0 radical (unpaired) electrons. The van der Waals surface area contributed by atoms with Gasteiger partial charge < -0.3 is 10.5 Å². The fourth-order valence-corrected chi connectivity index (χ4v) is 2.41. The molecule has 1 amide bonds. The highest BCUT2D eigenvalue weighted by Gasteiger charge is 2.16. The zero-order valence-electron chi connectivity index (χ0n) is 11.0. The third-order valence-electron chi connectivity index (χ3n) is 2.54. The Kier molecular flexibility index (Phi) is 4.03. The molecule has 0 aliphatic rings. The van der Waals surface area contributed by atoms with E-state index in [-0.39, 0.29) is 16.4 Å². The number of aromatic nitrogens is 2. The van der Waals surface area contributed by atoms with Crippen molar-refractivity contribution in [3.63, 3.8) is 0 Å². The van der Waals surface area contributed by atoms with E-state index in [9.17, 15) is 13.2 Å². The second kappa shape index (κ2) is 5.75. The number of primary amides is 1. The summed E-state index contributed by atoms with van der Waals surface area (Å²) in [6, 6.07) is 5.19. The van der Waals surface area contributed by atoms with Crippen molar-refractivity contribution in [2.24, 2.45) is 5.73 Å². The number of nitrogens with one attached hydrogen (secondary N) is 1. The lowest BCUT2D eigenvalue weighted by molar-refractivity contribution is 0.1000. The quantitative estimate of drug-likeness (QED) is 0.823. The summed E-state index contributed by atoms with van der Waals surface area (Å²) in [5, 5.41) is 0. The summed E-state index contributed by atoms with van der Waals surface area (Å²) in [5.74, 6) is -0.316. The summed E-state index contributed by atoms with van der Waals surface area (Å²) in [6.45, 7) is 0. The van der Waals surface area contributed by atoms with Gasteiger partial charge in [-0.3, -0.25) is 4.79 Å². The lowest BCUT2D eigenvalue weighted by atomic mass is 10.2. The van der Waals surface area contributed by atoms with Crippen LogP contribution in [0.2, 0.25) is 0 Å². The number of anilines is 1. The van der Waals surface area contributed by atoms with Crippen LogP contribution in [-0.4, -0.2) is 31.4 Å². The van der Waals surface area contributed by atoms with Gasteiger partial charge >= 0.3 is 0 Å². The summed E-state index contributed by atoms with van der Waals surface area (Å²) < 4.78 is 31.3. The average molecular weight is 308 g/mol. The Morgan fingerprint density at radius 2 is 1.76 bits per heavy atom. The van der Waals surface area contributed by atoms with Crippen LogP contribution in [0.25, 0.3) is 0 Å². The van der Waals surface area contributed by atoms with Crippen molar-refractivity contribution in [3.8, 4) is 5.75 Å². The Balaban J connectivity index is 2.22. The molecule has 0 saturated heterocycles. The van der Waals surface area contributed by atoms with Crippen LogP contribution in [0.15, 0.2) is 41.6 Å². The Bertz CT molecular complexity index is 742. The SMILES string of the molecule is COc1cnc(NS(=O)(=O)c2ccc(C(N)=O)cc2)nc1. The molecule has 1 aromatic heterocycles. The van der Waals surface area contributed by atoms with Crippen molar-refractivity contribution in [2.75, 3.05) is 11.8 Å². The number of benzene rings is 1. The van der Waals surface area contributed by atoms with Gasteiger partial charge in [-0.2, -0.15) is 0 Å². The molecule has 0 aliphatic heterocycles. The van der Waals surface area contributed by atoms with Crippen molar-refractivity contribution in [3.05, 3.63) is 42.2 Å². The minimum Gasteiger partial charge on any atom is -0.494 e. The summed E-state index contributed by atoms with van der Waals surface area (Å²) in [6.07, 6.45) is 2.67. The van der Waals surface area contributed by atoms with E-state index < -0.39 is 15.9 Å². The molecule has 0 saturated carbocycles. The number of carbonyl (C=O) groups is 1. The number of hydrogen-bond donors (Lipinski definition) is 2. The lowest BCUT2D eigenvalue weighted by Gasteiger charge is -2.07. The van der Waals surface area contributed by atoms with Gasteiger partial charge in [-0.15, -0.1) is 0 Å². The van der Waals surface area contributed by atoms with E-state index in [1.54, 1.807) is 0 Å². The van der Waals surface area contributed by atoms with Crippen LogP contribution < -0.4 is 15.2 Å². The normalized spacial score (nSPS) is 10.9. The van der Waals surface area contributed by atoms with Crippen LogP contribution in [0, 0.1) is 0 Å². The number of nitrogens with two attached hydrogens (primary N) is 1. The molecule has 0 spiro atoms. The van der Waals surface area contributed by atoms with Crippen molar-refractivity contribution >= 4 is 21.9 Å².